The number of methoxy groups -OCH3 is 1. The van der Waals surface area contributed by atoms with Crippen molar-refractivity contribution in [2.45, 2.75) is 19.8 Å². The molecule has 0 unspecified atom stereocenters. The molecule has 174 valence electrons. The SMILES string of the molecule is COc1ccc(NC(=O)[C@H]2CCCN(c3nc4ccsc4c(=O)n3-c3ccc(C)cc3)C2)cc1. The number of piperidine rings is 1. The van der Waals surface area contributed by atoms with E-state index in [1.54, 1.807) is 11.7 Å². The second-order valence-electron chi connectivity index (χ2n) is 8.53. The molecule has 0 radical (unpaired) electrons. The summed E-state index contributed by atoms with van der Waals surface area (Å²) < 4.78 is 7.51. The Labute approximate surface area is 201 Å². The lowest BCUT2D eigenvalue weighted by Crippen LogP contribution is -2.43. The Morgan fingerprint density at radius 3 is 2.62 bits per heavy atom. The third-order valence-corrected chi connectivity index (χ3v) is 7.08. The molecule has 1 saturated heterocycles. The van der Waals surface area contributed by atoms with E-state index in [4.69, 9.17) is 9.72 Å². The van der Waals surface area contributed by atoms with Crippen molar-refractivity contribution in [1.29, 1.82) is 0 Å². The summed E-state index contributed by atoms with van der Waals surface area (Å²) in [6.07, 6.45) is 1.63. The second kappa shape index (κ2) is 9.30. The molecule has 1 aliphatic heterocycles. The smallest absolute Gasteiger partial charge is 0.277 e. The maximum atomic E-state index is 13.5. The number of aryl methyl sites for hydroxylation is 1. The lowest BCUT2D eigenvalue weighted by atomic mass is 9.97. The Balaban J connectivity index is 1.45. The van der Waals surface area contributed by atoms with Crippen LogP contribution in [0.25, 0.3) is 15.9 Å². The van der Waals surface area contributed by atoms with Gasteiger partial charge in [0.1, 0.15) is 10.4 Å². The number of hydrogen-bond acceptors (Lipinski definition) is 6. The van der Waals surface area contributed by atoms with Gasteiger partial charge in [0.05, 0.1) is 24.2 Å². The monoisotopic (exact) mass is 474 g/mol. The van der Waals surface area contributed by atoms with Crippen molar-refractivity contribution in [2.75, 3.05) is 30.4 Å². The maximum absolute atomic E-state index is 13.5. The van der Waals surface area contributed by atoms with Gasteiger partial charge in [-0.05, 0) is 67.6 Å². The summed E-state index contributed by atoms with van der Waals surface area (Å²) in [6, 6.07) is 17.1. The summed E-state index contributed by atoms with van der Waals surface area (Å²) >= 11 is 1.40. The molecule has 1 amide bonds. The minimum Gasteiger partial charge on any atom is -0.497 e. The molecule has 8 heteroatoms. The number of anilines is 2. The number of nitrogens with one attached hydrogen (secondary N) is 1. The van der Waals surface area contributed by atoms with Crippen molar-refractivity contribution in [2.24, 2.45) is 5.92 Å². The molecule has 5 rings (SSSR count). The van der Waals surface area contributed by atoms with Crippen LogP contribution in [0.5, 0.6) is 5.75 Å². The molecule has 1 aliphatic rings. The molecule has 4 aromatic rings. The zero-order chi connectivity index (χ0) is 23.7. The van der Waals surface area contributed by atoms with Gasteiger partial charge < -0.3 is 15.0 Å². The summed E-state index contributed by atoms with van der Waals surface area (Å²) in [6.45, 7) is 3.25. The Morgan fingerprint density at radius 2 is 1.88 bits per heavy atom. The number of benzene rings is 2. The van der Waals surface area contributed by atoms with Gasteiger partial charge in [0.25, 0.3) is 5.56 Å². The van der Waals surface area contributed by atoms with E-state index in [1.807, 2.05) is 66.9 Å². The predicted octanol–water partition coefficient (Wildman–Crippen LogP) is 4.62. The van der Waals surface area contributed by atoms with E-state index in [1.165, 1.54) is 11.3 Å². The number of hydrogen-bond donors (Lipinski definition) is 1. The predicted molar refractivity (Wildman–Crippen MR) is 137 cm³/mol. The summed E-state index contributed by atoms with van der Waals surface area (Å²) in [4.78, 5) is 33.5. The fourth-order valence-electron chi connectivity index (χ4n) is 4.33. The van der Waals surface area contributed by atoms with Crippen molar-refractivity contribution in [3.05, 3.63) is 75.9 Å². The molecule has 0 bridgehead atoms. The van der Waals surface area contributed by atoms with Gasteiger partial charge in [0.15, 0.2) is 0 Å². The minimum atomic E-state index is -0.211. The van der Waals surface area contributed by atoms with Crippen LogP contribution in [0.4, 0.5) is 11.6 Å². The van der Waals surface area contributed by atoms with Gasteiger partial charge in [-0.25, -0.2) is 9.55 Å². The number of carbonyl (C=O) groups is 1. The number of carbonyl (C=O) groups excluding carboxylic acids is 1. The first-order valence-corrected chi connectivity index (χ1v) is 12.2. The Kier molecular flexibility index (Phi) is 6.06. The van der Waals surface area contributed by atoms with Gasteiger partial charge in [0, 0.05) is 18.8 Å². The molecule has 0 saturated carbocycles. The van der Waals surface area contributed by atoms with Gasteiger partial charge in [-0.1, -0.05) is 17.7 Å². The number of rotatable bonds is 5. The molecule has 2 aromatic carbocycles. The fraction of sp³-hybridized carbons (Fsp3) is 0.269. The summed E-state index contributed by atoms with van der Waals surface area (Å²) in [5.41, 5.74) is 3.24. The van der Waals surface area contributed by atoms with Crippen LogP contribution in [0, 0.1) is 12.8 Å². The maximum Gasteiger partial charge on any atom is 0.277 e. The first-order chi connectivity index (χ1) is 16.5. The van der Waals surface area contributed by atoms with Crippen LogP contribution in [0.3, 0.4) is 0 Å². The van der Waals surface area contributed by atoms with Gasteiger partial charge in [-0.15, -0.1) is 11.3 Å². The van der Waals surface area contributed by atoms with E-state index in [2.05, 4.69) is 10.2 Å². The van der Waals surface area contributed by atoms with Gasteiger partial charge in [-0.3, -0.25) is 9.59 Å². The second-order valence-corrected chi connectivity index (χ2v) is 9.44. The van der Waals surface area contributed by atoms with Crippen LogP contribution < -0.4 is 20.5 Å². The lowest BCUT2D eigenvalue weighted by molar-refractivity contribution is -0.120. The lowest BCUT2D eigenvalue weighted by Gasteiger charge is -2.34. The highest BCUT2D eigenvalue weighted by molar-refractivity contribution is 7.17. The standard InChI is InChI=1S/C26H26N4O3S/c1-17-5-9-20(10-6-17)30-25(32)23-22(13-15-34-23)28-26(30)29-14-3-4-18(16-29)24(31)27-19-7-11-21(33-2)12-8-19/h5-13,15,18H,3-4,14,16H2,1-2H3,(H,27,31)/t18-/m0/s1. The van der Waals surface area contributed by atoms with Crippen LogP contribution in [0.2, 0.25) is 0 Å². The number of amides is 1. The molecule has 1 fully saturated rings. The molecule has 2 aromatic heterocycles. The number of aromatic nitrogens is 2. The number of ether oxygens (including phenoxy) is 1. The van der Waals surface area contributed by atoms with Crippen molar-refractivity contribution < 1.29 is 9.53 Å². The van der Waals surface area contributed by atoms with E-state index < -0.39 is 0 Å². The Bertz CT molecular complexity index is 1380. The molecule has 1 atom stereocenters. The van der Waals surface area contributed by atoms with Gasteiger partial charge in [-0.2, -0.15) is 0 Å². The molecule has 0 spiro atoms. The van der Waals surface area contributed by atoms with E-state index in [0.717, 1.165) is 42.1 Å². The van der Waals surface area contributed by atoms with Crippen LogP contribution in [-0.2, 0) is 4.79 Å². The number of thiophene rings is 1. The summed E-state index contributed by atoms with van der Waals surface area (Å²) in [5.74, 6) is 1.08. The van der Waals surface area contributed by atoms with E-state index >= 15 is 0 Å². The van der Waals surface area contributed by atoms with E-state index in [9.17, 15) is 9.59 Å². The minimum absolute atomic E-state index is 0.0317. The molecular weight excluding hydrogens is 448 g/mol. The highest BCUT2D eigenvalue weighted by Gasteiger charge is 2.29. The fourth-order valence-corrected chi connectivity index (χ4v) is 5.09. The third kappa shape index (κ3) is 4.28. The zero-order valence-electron chi connectivity index (χ0n) is 19.2. The average Bonchev–Trinajstić information content (AvgIpc) is 3.34. The van der Waals surface area contributed by atoms with Crippen molar-refractivity contribution in [3.63, 3.8) is 0 Å². The van der Waals surface area contributed by atoms with Crippen LogP contribution in [0.1, 0.15) is 18.4 Å². The van der Waals surface area contributed by atoms with Crippen LogP contribution >= 0.6 is 11.3 Å². The van der Waals surface area contributed by atoms with Crippen LogP contribution in [-0.4, -0.2) is 35.7 Å². The normalized spacial score (nSPS) is 15.9. The summed E-state index contributed by atoms with van der Waals surface area (Å²) in [5, 5.41) is 4.91. The molecule has 1 N–H and O–H groups in total. The first kappa shape index (κ1) is 22.2. The van der Waals surface area contributed by atoms with Crippen molar-refractivity contribution in [1.82, 2.24) is 9.55 Å². The van der Waals surface area contributed by atoms with Crippen molar-refractivity contribution >= 4 is 39.1 Å². The van der Waals surface area contributed by atoms with Gasteiger partial charge in [0.2, 0.25) is 11.9 Å². The first-order valence-electron chi connectivity index (χ1n) is 11.3. The van der Waals surface area contributed by atoms with E-state index in [0.29, 0.717) is 22.7 Å². The topological polar surface area (TPSA) is 76.5 Å². The third-order valence-electron chi connectivity index (χ3n) is 6.19. The number of fused-ring (bicyclic) bond motifs is 1. The Morgan fingerprint density at radius 1 is 1.12 bits per heavy atom. The average molecular weight is 475 g/mol. The summed E-state index contributed by atoms with van der Waals surface area (Å²) in [7, 11) is 1.61. The van der Waals surface area contributed by atoms with Crippen molar-refractivity contribution in [3.8, 4) is 11.4 Å². The number of nitrogens with zero attached hydrogens (tertiary/aromatic N) is 3. The zero-order valence-corrected chi connectivity index (χ0v) is 20.0. The van der Waals surface area contributed by atoms with Crippen LogP contribution in [0.15, 0.2) is 64.8 Å². The molecule has 34 heavy (non-hydrogen) atoms. The molecular formula is C26H26N4O3S. The quantitative estimate of drug-likeness (QED) is 0.457. The Hall–Kier alpha value is -3.65. The highest BCUT2D eigenvalue weighted by Crippen LogP contribution is 2.27. The molecule has 0 aliphatic carbocycles. The van der Waals surface area contributed by atoms with Gasteiger partial charge >= 0.3 is 0 Å². The van der Waals surface area contributed by atoms with E-state index in [-0.39, 0.29) is 17.4 Å². The molecule has 7 nitrogen and oxygen atoms in total. The largest absolute Gasteiger partial charge is 0.497 e. The molecule has 3 heterocycles. The highest BCUT2D eigenvalue weighted by atomic mass is 32.1.